The van der Waals surface area contributed by atoms with Crippen LogP contribution >= 0.6 is 35.6 Å². The molecule has 1 amide bonds. The molecule has 0 aliphatic carbocycles. The van der Waals surface area contributed by atoms with E-state index >= 15 is 0 Å². The van der Waals surface area contributed by atoms with Crippen molar-refractivity contribution in [1.29, 1.82) is 0 Å². The number of nitrogens with one attached hydrogen (secondary N) is 1. The monoisotopic (exact) mass is 283 g/mol. The van der Waals surface area contributed by atoms with Gasteiger partial charge in [0.15, 0.2) is 0 Å². The van der Waals surface area contributed by atoms with Crippen molar-refractivity contribution in [2.24, 2.45) is 0 Å². The maximum absolute atomic E-state index is 11.8. The van der Waals surface area contributed by atoms with Crippen LogP contribution in [-0.4, -0.2) is 5.91 Å². The van der Waals surface area contributed by atoms with Gasteiger partial charge >= 0.3 is 0 Å². The molecule has 2 aromatic rings. The fourth-order valence-corrected chi connectivity index (χ4v) is 2.62. The first-order valence-corrected chi connectivity index (χ1v) is 6.61. The average molecular weight is 284 g/mol. The van der Waals surface area contributed by atoms with E-state index in [-0.39, 0.29) is 5.91 Å². The predicted octanol–water partition coefficient (Wildman–Crippen LogP) is 3.62. The first-order chi connectivity index (χ1) is 8.15. The van der Waals surface area contributed by atoms with Gasteiger partial charge in [-0.15, -0.1) is 24.0 Å². The molecule has 0 saturated heterocycles. The second kappa shape index (κ2) is 5.58. The molecule has 0 unspecified atom stereocenters. The Morgan fingerprint density at radius 3 is 2.82 bits per heavy atom. The molecule has 5 heteroatoms. The minimum Gasteiger partial charge on any atom is -0.347 e. The zero-order valence-corrected chi connectivity index (χ0v) is 11.3. The quantitative estimate of drug-likeness (QED) is 0.828. The number of hydrogen-bond acceptors (Lipinski definition) is 3. The van der Waals surface area contributed by atoms with E-state index < -0.39 is 0 Å². The zero-order chi connectivity index (χ0) is 12.3. The standard InChI is InChI=1S/C12H10ClNOS2/c13-11-5-4-10(17-11)7-14-12(15)8-2-1-3-9(16)6-8/h1-6,16H,7H2,(H,14,15). The van der Waals surface area contributed by atoms with Crippen molar-refractivity contribution >= 4 is 41.5 Å². The van der Waals surface area contributed by atoms with Gasteiger partial charge in [-0.25, -0.2) is 0 Å². The summed E-state index contributed by atoms with van der Waals surface area (Å²) >= 11 is 11.5. The van der Waals surface area contributed by atoms with Crippen LogP contribution in [0.4, 0.5) is 0 Å². The lowest BCUT2D eigenvalue weighted by Crippen LogP contribution is -2.22. The Balaban J connectivity index is 1.98. The summed E-state index contributed by atoms with van der Waals surface area (Å²) in [6, 6.07) is 10.9. The summed E-state index contributed by atoms with van der Waals surface area (Å²) in [6.07, 6.45) is 0. The van der Waals surface area contributed by atoms with E-state index in [0.29, 0.717) is 12.1 Å². The third-order valence-corrected chi connectivity index (χ3v) is 3.67. The molecule has 0 atom stereocenters. The van der Waals surface area contributed by atoms with Crippen LogP contribution in [0.2, 0.25) is 4.34 Å². The predicted molar refractivity (Wildman–Crippen MR) is 74.2 cm³/mol. The molecule has 1 aromatic heterocycles. The lowest BCUT2D eigenvalue weighted by Gasteiger charge is -2.03. The highest BCUT2D eigenvalue weighted by Crippen LogP contribution is 2.21. The topological polar surface area (TPSA) is 29.1 Å². The van der Waals surface area contributed by atoms with Gasteiger partial charge in [-0.1, -0.05) is 17.7 Å². The van der Waals surface area contributed by atoms with Crippen LogP contribution in [0.15, 0.2) is 41.3 Å². The van der Waals surface area contributed by atoms with Gasteiger partial charge in [-0.05, 0) is 30.3 Å². The molecule has 0 fully saturated rings. The number of halogens is 1. The molecular formula is C12H10ClNOS2. The normalized spacial score (nSPS) is 10.2. The van der Waals surface area contributed by atoms with Crippen LogP contribution in [0.5, 0.6) is 0 Å². The number of benzene rings is 1. The van der Waals surface area contributed by atoms with Crippen LogP contribution in [-0.2, 0) is 6.54 Å². The van der Waals surface area contributed by atoms with E-state index in [1.54, 1.807) is 18.2 Å². The van der Waals surface area contributed by atoms with Gasteiger partial charge in [-0.3, -0.25) is 4.79 Å². The largest absolute Gasteiger partial charge is 0.347 e. The molecule has 1 N–H and O–H groups in total. The molecule has 2 rings (SSSR count). The van der Waals surface area contributed by atoms with Gasteiger partial charge in [0.05, 0.1) is 10.9 Å². The minimum absolute atomic E-state index is 0.106. The number of rotatable bonds is 3. The van der Waals surface area contributed by atoms with Gasteiger partial charge < -0.3 is 5.32 Å². The van der Waals surface area contributed by atoms with Crippen molar-refractivity contribution < 1.29 is 4.79 Å². The van der Waals surface area contributed by atoms with Crippen LogP contribution in [0.25, 0.3) is 0 Å². The molecule has 2 nitrogen and oxygen atoms in total. The number of amides is 1. The Kier molecular flexibility index (Phi) is 4.10. The molecule has 0 saturated carbocycles. The second-order valence-electron chi connectivity index (χ2n) is 3.44. The maximum Gasteiger partial charge on any atom is 0.251 e. The van der Waals surface area contributed by atoms with Crippen molar-refractivity contribution in [3.63, 3.8) is 0 Å². The van der Waals surface area contributed by atoms with Crippen LogP contribution in [0, 0.1) is 0 Å². The van der Waals surface area contributed by atoms with Gasteiger partial charge in [0, 0.05) is 15.3 Å². The number of hydrogen-bond donors (Lipinski definition) is 2. The van der Waals surface area contributed by atoms with Crippen LogP contribution in [0.1, 0.15) is 15.2 Å². The number of thiophene rings is 1. The van der Waals surface area contributed by atoms with Crippen molar-refractivity contribution in [3.8, 4) is 0 Å². The molecule has 0 aliphatic heterocycles. The van der Waals surface area contributed by atoms with Gasteiger partial charge in [0.25, 0.3) is 5.91 Å². The van der Waals surface area contributed by atoms with Crippen molar-refractivity contribution in [2.45, 2.75) is 11.4 Å². The van der Waals surface area contributed by atoms with E-state index in [9.17, 15) is 4.79 Å². The van der Waals surface area contributed by atoms with E-state index in [1.807, 2.05) is 18.2 Å². The van der Waals surface area contributed by atoms with Gasteiger partial charge in [-0.2, -0.15) is 0 Å². The Morgan fingerprint density at radius 1 is 1.35 bits per heavy atom. The molecule has 0 bridgehead atoms. The first-order valence-electron chi connectivity index (χ1n) is 4.96. The molecule has 0 radical (unpaired) electrons. The summed E-state index contributed by atoms with van der Waals surface area (Å²) in [4.78, 5) is 13.6. The van der Waals surface area contributed by atoms with Crippen LogP contribution in [0.3, 0.4) is 0 Å². The lowest BCUT2D eigenvalue weighted by atomic mass is 10.2. The fourth-order valence-electron chi connectivity index (χ4n) is 1.36. The zero-order valence-electron chi connectivity index (χ0n) is 8.81. The molecule has 1 aromatic carbocycles. The number of carbonyl (C=O) groups is 1. The highest BCUT2D eigenvalue weighted by Gasteiger charge is 2.06. The van der Waals surface area contributed by atoms with E-state index in [4.69, 9.17) is 11.6 Å². The summed E-state index contributed by atoms with van der Waals surface area (Å²) in [6.45, 7) is 0.493. The highest BCUT2D eigenvalue weighted by atomic mass is 35.5. The maximum atomic E-state index is 11.8. The molecule has 17 heavy (non-hydrogen) atoms. The summed E-state index contributed by atoms with van der Waals surface area (Å²) < 4.78 is 0.728. The van der Waals surface area contributed by atoms with Crippen molar-refractivity contribution in [2.75, 3.05) is 0 Å². The Morgan fingerprint density at radius 2 is 2.18 bits per heavy atom. The first kappa shape index (κ1) is 12.5. The second-order valence-corrected chi connectivity index (χ2v) is 5.75. The summed E-state index contributed by atoms with van der Waals surface area (Å²) in [5.74, 6) is -0.106. The highest BCUT2D eigenvalue weighted by molar-refractivity contribution is 7.80. The lowest BCUT2D eigenvalue weighted by molar-refractivity contribution is 0.0951. The third kappa shape index (κ3) is 3.49. The van der Waals surface area contributed by atoms with Crippen molar-refractivity contribution in [1.82, 2.24) is 5.32 Å². The fraction of sp³-hybridized carbons (Fsp3) is 0.0833. The molecule has 88 valence electrons. The van der Waals surface area contributed by atoms with E-state index in [2.05, 4.69) is 17.9 Å². The molecule has 1 heterocycles. The van der Waals surface area contributed by atoms with E-state index in [0.717, 1.165) is 14.1 Å². The third-order valence-electron chi connectivity index (χ3n) is 2.16. The van der Waals surface area contributed by atoms with Gasteiger partial charge in [0.2, 0.25) is 0 Å². The molecule has 0 aliphatic rings. The van der Waals surface area contributed by atoms with Crippen LogP contribution < -0.4 is 5.32 Å². The molecular weight excluding hydrogens is 274 g/mol. The SMILES string of the molecule is O=C(NCc1ccc(Cl)s1)c1cccc(S)c1. The Hall–Kier alpha value is -0.970. The van der Waals surface area contributed by atoms with Crippen molar-refractivity contribution in [3.05, 3.63) is 51.2 Å². The average Bonchev–Trinajstić information content (AvgIpc) is 2.72. The Labute approximate surface area is 114 Å². The number of thiol groups is 1. The summed E-state index contributed by atoms with van der Waals surface area (Å²) in [7, 11) is 0. The van der Waals surface area contributed by atoms with Gasteiger partial charge in [0.1, 0.15) is 0 Å². The minimum atomic E-state index is -0.106. The Bertz CT molecular complexity index is 539. The number of carbonyl (C=O) groups excluding carboxylic acids is 1. The van der Waals surface area contributed by atoms with E-state index in [1.165, 1.54) is 11.3 Å². The summed E-state index contributed by atoms with van der Waals surface area (Å²) in [5, 5.41) is 2.83. The summed E-state index contributed by atoms with van der Waals surface area (Å²) in [5.41, 5.74) is 0.611. The molecule has 0 spiro atoms. The smallest absolute Gasteiger partial charge is 0.251 e.